The van der Waals surface area contributed by atoms with Crippen LogP contribution in [-0.4, -0.2) is 20.1 Å². The minimum absolute atomic E-state index is 0.126. The van der Waals surface area contributed by atoms with Crippen molar-refractivity contribution in [3.8, 4) is 11.8 Å². The fraction of sp³-hybridized carbons (Fsp3) is 0.130. The number of carbonyl (C=O) groups excluding carboxylic acids is 1. The van der Waals surface area contributed by atoms with E-state index < -0.39 is 15.7 Å². The van der Waals surface area contributed by atoms with Crippen molar-refractivity contribution >= 4 is 33.0 Å². The van der Waals surface area contributed by atoms with Gasteiger partial charge < -0.3 is 10.1 Å². The number of ether oxygens (including phenoxy) is 1. The van der Waals surface area contributed by atoms with E-state index in [1.807, 2.05) is 6.07 Å². The number of amides is 1. The number of nitriles is 1. The number of hydrogen-bond acceptors (Lipinski definition) is 5. The molecule has 8 heteroatoms. The van der Waals surface area contributed by atoms with Gasteiger partial charge in [-0.3, -0.25) is 4.79 Å². The lowest BCUT2D eigenvalue weighted by Gasteiger charge is -2.10. The predicted octanol–water partition coefficient (Wildman–Crippen LogP) is 4.59. The van der Waals surface area contributed by atoms with Crippen LogP contribution in [0.3, 0.4) is 0 Å². The molecule has 0 unspecified atom stereocenters. The van der Waals surface area contributed by atoms with Crippen molar-refractivity contribution in [2.45, 2.75) is 17.9 Å². The van der Waals surface area contributed by atoms with E-state index in [1.54, 1.807) is 42.5 Å². The maximum Gasteiger partial charge on any atom is 0.225 e. The van der Waals surface area contributed by atoms with Crippen LogP contribution in [0.25, 0.3) is 0 Å². The highest BCUT2D eigenvalue weighted by Crippen LogP contribution is 2.20. The number of sulfone groups is 1. The van der Waals surface area contributed by atoms with Crippen molar-refractivity contribution in [3.63, 3.8) is 0 Å². The molecule has 158 valence electrons. The second-order valence-electron chi connectivity index (χ2n) is 6.70. The van der Waals surface area contributed by atoms with Gasteiger partial charge in [-0.2, -0.15) is 5.26 Å². The Labute approximate surface area is 186 Å². The topological polar surface area (TPSA) is 96.3 Å². The van der Waals surface area contributed by atoms with Gasteiger partial charge in [0.25, 0.3) is 0 Å². The molecule has 0 aliphatic carbocycles. The Balaban J connectivity index is 1.55. The van der Waals surface area contributed by atoms with E-state index in [0.29, 0.717) is 22.0 Å². The second kappa shape index (κ2) is 10.1. The molecule has 0 fully saturated rings. The lowest BCUT2D eigenvalue weighted by Crippen LogP contribution is -2.17. The summed E-state index contributed by atoms with van der Waals surface area (Å²) in [5, 5.41) is 12.1. The normalized spacial score (nSPS) is 10.8. The van der Waals surface area contributed by atoms with Crippen molar-refractivity contribution in [1.82, 2.24) is 0 Å². The summed E-state index contributed by atoms with van der Waals surface area (Å²) in [5.74, 6) is -0.198. The molecule has 0 saturated heterocycles. The van der Waals surface area contributed by atoms with Crippen LogP contribution >= 0.6 is 11.6 Å². The van der Waals surface area contributed by atoms with Gasteiger partial charge in [0.05, 0.1) is 22.3 Å². The first kappa shape index (κ1) is 22.3. The Morgan fingerprint density at radius 1 is 1.03 bits per heavy atom. The quantitative estimate of drug-likeness (QED) is 0.536. The van der Waals surface area contributed by atoms with Crippen LogP contribution in [-0.2, 0) is 21.2 Å². The van der Waals surface area contributed by atoms with Crippen LogP contribution in [0.5, 0.6) is 5.75 Å². The Morgan fingerprint density at radius 2 is 1.77 bits per heavy atom. The van der Waals surface area contributed by atoms with Crippen LogP contribution in [0.4, 0.5) is 5.69 Å². The minimum Gasteiger partial charge on any atom is -0.489 e. The Bertz CT molecular complexity index is 1220. The highest BCUT2D eigenvalue weighted by Gasteiger charge is 2.16. The molecule has 3 aromatic carbocycles. The van der Waals surface area contributed by atoms with Gasteiger partial charge in [-0.1, -0.05) is 29.8 Å². The van der Waals surface area contributed by atoms with Crippen molar-refractivity contribution in [2.75, 3.05) is 11.1 Å². The maximum absolute atomic E-state index is 12.4. The lowest BCUT2D eigenvalue weighted by atomic mass is 10.1. The Morgan fingerprint density at radius 3 is 2.52 bits per heavy atom. The number of halogens is 1. The van der Waals surface area contributed by atoms with E-state index in [4.69, 9.17) is 21.6 Å². The molecule has 3 rings (SSSR count). The number of rotatable bonds is 8. The molecule has 0 atom stereocenters. The monoisotopic (exact) mass is 454 g/mol. The summed E-state index contributed by atoms with van der Waals surface area (Å²) in [6, 6.07) is 21.8. The second-order valence-corrected chi connectivity index (χ2v) is 9.25. The van der Waals surface area contributed by atoms with Gasteiger partial charge in [0.1, 0.15) is 12.4 Å². The summed E-state index contributed by atoms with van der Waals surface area (Å²) in [6.45, 7) is 0.270. The summed E-state index contributed by atoms with van der Waals surface area (Å²) in [6.07, 6.45) is -0.184. The van der Waals surface area contributed by atoms with Gasteiger partial charge in [0.2, 0.25) is 5.91 Å². The summed E-state index contributed by atoms with van der Waals surface area (Å²) < 4.78 is 30.4. The summed E-state index contributed by atoms with van der Waals surface area (Å²) in [4.78, 5) is 12.4. The molecule has 1 N–H and O–H groups in total. The highest BCUT2D eigenvalue weighted by molar-refractivity contribution is 7.91. The van der Waals surface area contributed by atoms with Gasteiger partial charge in [0.15, 0.2) is 9.84 Å². The molecule has 6 nitrogen and oxygen atoms in total. The zero-order valence-corrected chi connectivity index (χ0v) is 18.0. The molecule has 0 heterocycles. The van der Waals surface area contributed by atoms with Crippen molar-refractivity contribution in [2.24, 2.45) is 0 Å². The largest absolute Gasteiger partial charge is 0.489 e. The SMILES string of the molecule is N#Cc1cccc(COc2cccc(NC(=O)CCS(=O)(=O)c3ccc(Cl)cc3)c2)c1. The van der Waals surface area contributed by atoms with Gasteiger partial charge in [0, 0.05) is 23.2 Å². The highest BCUT2D eigenvalue weighted by atomic mass is 35.5. The standard InChI is InChI=1S/C23H19ClN2O4S/c24-19-7-9-22(10-8-19)31(28,29)12-11-23(27)26-20-5-2-6-21(14-20)30-16-18-4-1-3-17(13-18)15-25/h1-10,13-14H,11-12,16H2,(H,26,27). The molecule has 3 aromatic rings. The number of anilines is 1. The zero-order chi connectivity index (χ0) is 22.3. The Kier molecular flexibility index (Phi) is 7.29. The first-order valence-electron chi connectivity index (χ1n) is 9.36. The molecular formula is C23H19ClN2O4S. The van der Waals surface area contributed by atoms with Gasteiger partial charge in [-0.05, 0) is 54.1 Å². The van der Waals surface area contributed by atoms with Gasteiger partial charge in [-0.25, -0.2) is 8.42 Å². The summed E-state index contributed by atoms with van der Waals surface area (Å²) >= 11 is 5.78. The number of nitrogens with zero attached hydrogens (tertiary/aromatic N) is 1. The van der Waals surface area contributed by atoms with E-state index in [-0.39, 0.29) is 23.7 Å². The molecule has 0 bridgehead atoms. The molecule has 0 aliphatic rings. The van der Waals surface area contributed by atoms with E-state index in [0.717, 1.165) is 5.56 Å². The summed E-state index contributed by atoms with van der Waals surface area (Å²) in [5.41, 5.74) is 1.90. The molecule has 0 aromatic heterocycles. The predicted molar refractivity (Wildman–Crippen MR) is 119 cm³/mol. The molecular weight excluding hydrogens is 436 g/mol. The Hall–Kier alpha value is -3.34. The van der Waals surface area contributed by atoms with Gasteiger partial charge >= 0.3 is 0 Å². The number of benzene rings is 3. The first-order chi connectivity index (χ1) is 14.9. The van der Waals surface area contributed by atoms with Crippen LogP contribution in [0.2, 0.25) is 5.02 Å². The van der Waals surface area contributed by atoms with Crippen molar-refractivity contribution < 1.29 is 17.9 Å². The zero-order valence-electron chi connectivity index (χ0n) is 16.4. The van der Waals surface area contributed by atoms with Gasteiger partial charge in [-0.15, -0.1) is 0 Å². The van der Waals surface area contributed by atoms with Crippen molar-refractivity contribution in [3.05, 3.63) is 88.9 Å². The molecule has 0 radical (unpaired) electrons. The molecule has 0 spiro atoms. The van der Waals surface area contributed by atoms with E-state index >= 15 is 0 Å². The average molecular weight is 455 g/mol. The van der Waals surface area contributed by atoms with E-state index in [2.05, 4.69) is 11.4 Å². The lowest BCUT2D eigenvalue weighted by molar-refractivity contribution is -0.115. The molecule has 1 amide bonds. The molecule has 0 saturated carbocycles. The molecule has 0 aliphatic heterocycles. The van der Waals surface area contributed by atoms with Crippen LogP contribution < -0.4 is 10.1 Å². The minimum atomic E-state index is -3.58. The summed E-state index contributed by atoms with van der Waals surface area (Å²) in [7, 11) is -3.58. The average Bonchev–Trinajstić information content (AvgIpc) is 2.77. The van der Waals surface area contributed by atoms with Crippen LogP contribution in [0.15, 0.2) is 77.7 Å². The number of carbonyl (C=O) groups is 1. The maximum atomic E-state index is 12.4. The first-order valence-corrected chi connectivity index (χ1v) is 11.4. The van der Waals surface area contributed by atoms with E-state index in [1.165, 1.54) is 24.3 Å². The fourth-order valence-electron chi connectivity index (χ4n) is 2.77. The third-order valence-corrected chi connectivity index (χ3v) is 6.33. The number of hydrogen-bond donors (Lipinski definition) is 1. The smallest absolute Gasteiger partial charge is 0.225 e. The number of nitrogens with one attached hydrogen (secondary N) is 1. The molecule has 31 heavy (non-hydrogen) atoms. The third-order valence-electron chi connectivity index (χ3n) is 4.35. The van der Waals surface area contributed by atoms with Crippen molar-refractivity contribution in [1.29, 1.82) is 5.26 Å². The fourth-order valence-corrected chi connectivity index (χ4v) is 4.14. The van der Waals surface area contributed by atoms with Crippen LogP contribution in [0, 0.1) is 11.3 Å². The van der Waals surface area contributed by atoms with E-state index in [9.17, 15) is 13.2 Å². The third kappa shape index (κ3) is 6.57. The van der Waals surface area contributed by atoms with Crippen LogP contribution in [0.1, 0.15) is 17.5 Å².